The van der Waals surface area contributed by atoms with E-state index in [2.05, 4.69) is 20.8 Å². The summed E-state index contributed by atoms with van der Waals surface area (Å²) in [5, 5.41) is 23.1. The van der Waals surface area contributed by atoms with E-state index in [0.717, 1.165) is 24.6 Å². The fourth-order valence-electron chi connectivity index (χ4n) is 6.02. The zero-order chi connectivity index (χ0) is 21.0. The molecule has 158 valence electrons. The molecule has 2 aliphatic carbocycles. The average Bonchev–Trinajstić information content (AvgIpc) is 2.65. The molecule has 1 aromatic heterocycles. The van der Waals surface area contributed by atoms with Crippen LogP contribution in [0.3, 0.4) is 0 Å². The molecule has 2 saturated carbocycles. The van der Waals surface area contributed by atoms with E-state index in [9.17, 15) is 15.0 Å². The van der Waals surface area contributed by atoms with Gasteiger partial charge in [-0.1, -0.05) is 20.8 Å². The van der Waals surface area contributed by atoms with E-state index >= 15 is 0 Å². The molecular formula is C24H32O5. The van der Waals surface area contributed by atoms with Crippen LogP contribution in [0, 0.1) is 22.7 Å². The van der Waals surface area contributed by atoms with Crippen molar-refractivity contribution in [1.29, 1.82) is 0 Å². The fourth-order valence-corrected chi connectivity index (χ4v) is 6.02. The highest BCUT2D eigenvalue weighted by Gasteiger charge is 2.62. The molecule has 0 aliphatic heterocycles. The first-order valence-electron chi connectivity index (χ1n) is 10.6. The molecule has 0 radical (unpaired) electrons. The molecule has 1 heterocycles. The van der Waals surface area contributed by atoms with Gasteiger partial charge in [0.15, 0.2) is 0 Å². The maximum Gasteiger partial charge on any atom is 0.336 e. The lowest BCUT2D eigenvalue weighted by Crippen LogP contribution is -2.64. The molecule has 2 aliphatic rings. The first-order valence-corrected chi connectivity index (χ1v) is 10.6. The Morgan fingerprint density at radius 3 is 2.59 bits per heavy atom. The number of aliphatic hydroxyl groups is 2. The number of fused-ring (bicyclic) bond motifs is 2. The molecule has 5 nitrogen and oxygen atoms in total. The van der Waals surface area contributed by atoms with E-state index < -0.39 is 5.60 Å². The van der Waals surface area contributed by atoms with Crippen LogP contribution in [-0.2, 0) is 0 Å². The Kier molecular flexibility index (Phi) is 4.82. The highest BCUT2D eigenvalue weighted by Crippen LogP contribution is 2.62. The number of ether oxygens (including phenoxy) is 1. The van der Waals surface area contributed by atoms with Gasteiger partial charge in [0, 0.05) is 23.4 Å². The second kappa shape index (κ2) is 6.85. The van der Waals surface area contributed by atoms with Crippen molar-refractivity contribution in [3.05, 3.63) is 40.8 Å². The van der Waals surface area contributed by atoms with Gasteiger partial charge in [0.25, 0.3) is 0 Å². The van der Waals surface area contributed by atoms with Gasteiger partial charge < -0.3 is 19.4 Å². The number of hydrogen-bond acceptors (Lipinski definition) is 5. The first kappa shape index (κ1) is 20.4. The molecule has 0 bridgehead atoms. The van der Waals surface area contributed by atoms with Crippen molar-refractivity contribution < 1.29 is 19.4 Å². The van der Waals surface area contributed by atoms with Crippen molar-refractivity contribution in [1.82, 2.24) is 0 Å². The molecule has 0 unspecified atom stereocenters. The highest BCUT2D eigenvalue weighted by molar-refractivity contribution is 5.77. The van der Waals surface area contributed by atoms with Crippen LogP contribution in [0.1, 0.15) is 53.4 Å². The third-order valence-corrected chi connectivity index (χ3v) is 8.26. The Hall–Kier alpha value is -1.85. The third kappa shape index (κ3) is 3.19. The topological polar surface area (TPSA) is 79.9 Å². The zero-order valence-electron chi connectivity index (χ0n) is 17.8. The van der Waals surface area contributed by atoms with Crippen LogP contribution in [-0.4, -0.2) is 28.5 Å². The van der Waals surface area contributed by atoms with Crippen LogP contribution in [0.25, 0.3) is 11.0 Å². The molecule has 4 rings (SSSR count). The molecule has 2 fully saturated rings. The van der Waals surface area contributed by atoms with Crippen LogP contribution in [0.4, 0.5) is 0 Å². The van der Waals surface area contributed by atoms with Gasteiger partial charge in [0.05, 0.1) is 18.3 Å². The summed E-state index contributed by atoms with van der Waals surface area (Å²) in [5.74, 6) is 0.891. The number of benzene rings is 1. The van der Waals surface area contributed by atoms with Gasteiger partial charge in [0.1, 0.15) is 11.3 Å². The molecule has 0 spiro atoms. The summed E-state index contributed by atoms with van der Waals surface area (Å²) in [7, 11) is 0. The van der Waals surface area contributed by atoms with Gasteiger partial charge in [-0.15, -0.1) is 0 Å². The van der Waals surface area contributed by atoms with Gasteiger partial charge >= 0.3 is 5.63 Å². The van der Waals surface area contributed by atoms with Crippen LogP contribution in [0.5, 0.6) is 5.75 Å². The molecule has 5 heteroatoms. The van der Waals surface area contributed by atoms with Crippen molar-refractivity contribution >= 4 is 11.0 Å². The molecule has 0 amide bonds. The summed E-state index contributed by atoms with van der Waals surface area (Å²) >= 11 is 0. The van der Waals surface area contributed by atoms with E-state index in [-0.39, 0.29) is 34.4 Å². The molecule has 5 atom stereocenters. The Morgan fingerprint density at radius 2 is 1.83 bits per heavy atom. The number of rotatable bonds is 3. The van der Waals surface area contributed by atoms with Crippen LogP contribution >= 0.6 is 0 Å². The largest absolute Gasteiger partial charge is 0.493 e. The van der Waals surface area contributed by atoms with Crippen molar-refractivity contribution in [2.45, 2.75) is 65.1 Å². The smallest absolute Gasteiger partial charge is 0.336 e. The lowest BCUT2D eigenvalue weighted by Gasteiger charge is -2.63. The fraction of sp³-hybridized carbons (Fsp3) is 0.625. The molecular weight excluding hydrogens is 368 g/mol. The van der Waals surface area contributed by atoms with Crippen LogP contribution < -0.4 is 10.4 Å². The standard InChI is InChI=1S/C24H32O5/c1-22(2)19-9-7-16(24(4,27)23(19,3)12-11-20(22)25)14-28-17-8-5-15-6-10-21(26)29-18(15)13-17/h5-6,8,10,13,16,19-20,25,27H,7,9,11-12,14H2,1-4H3/t16-,19+,20-,23+,24-/m0/s1. The van der Waals surface area contributed by atoms with Gasteiger partial charge in [-0.05, 0) is 67.6 Å². The number of aliphatic hydroxyl groups excluding tert-OH is 1. The summed E-state index contributed by atoms with van der Waals surface area (Å²) in [6, 6.07) is 8.61. The zero-order valence-corrected chi connectivity index (χ0v) is 17.8. The van der Waals surface area contributed by atoms with E-state index in [1.54, 1.807) is 12.1 Å². The first-order chi connectivity index (χ1) is 13.6. The van der Waals surface area contributed by atoms with E-state index in [1.165, 1.54) is 6.07 Å². The molecule has 2 aromatic rings. The monoisotopic (exact) mass is 400 g/mol. The van der Waals surface area contributed by atoms with Gasteiger partial charge in [0.2, 0.25) is 0 Å². The quantitative estimate of drug-likeness (QED) is 0.757. The van der Waals surface area contributed by atoms with Gasteiger partial charge in [-0.3, -0.25) is 0 Å². The van der Waals surface area contributed by atoms with Gasteiger partial charge in [-0.25, -0.2) is 4.79 Å². The molecule has 0 saturated heterocycles. The molecule has 29 heavy (non-hydrogen) atoms. The minimum absolute atomic E-state index is 0.00623. The normalized spacial score (nSPS) is 36.6. The Labute approximate surface area is 171 Å². The minimum atomic E-state index is -0.892. The van der Waals surface area contributed by atoms with Crippen molar-refractivity contribution in [2.75, 3.05) is 6.61 Å². The summed E-state index contributed by atoms with van der Waals surface area (Å²) in [6.07, 6.45) is 3.03. The SMILES string of the molecule is CC1(C)[C@H]2CC[C@@H](COc3ccc4ccc(=O)oc4c3)[C@](C)(O)[C@]2(C)CC[C@@H]1O. The summed E-state index contributed by atoms with van der Waals surface area (Å²) < 4.78 is 11.3. The van der Waals surface area contributed by atoms with Crippen molar-refractivity contribution in [2.24, 2.45) is 22.7 Å². The lowest BCUT2D eigenvalue weighted by molar-refractivity contribution is -0.227. The Bertz CT molecular complexity index is 959. The molecule has 1 aromatic carbocycles. The summed E-state index contributed by atoms with van der Waals surface area (Å²) in [6.45, 7) is 8.80. The summed E-state index contributed by atoms with van der Waals surface area (Å²) in [5.41, 5.74) is -1.25. The second-order valence-electron chi connectivity index (χ2n) is 10.0. The van der Waals surface area contributed by atoms with Gasteiger partial charge in [-0.2, -0.15) is 0 Å². The summed E-state index contributed by atoms with van der Waals surface area (Å²) in [4.78, 5) is 11.5. The van der Waals surface area contributed by atoms with Crippen molar-refractivity contribution in [3.8, 4) is 5.75 Å². The van der Waals surface area contributed by atoms with Crippen molar-refractivity contribution in [3.63, 3.8) is 0 Å². The van der Waals surface area contributed by atoms with E-state index in [0.29, 0.717) is 24.4 Å². The van der Waals surface area contributed by atoms with Crippen LogP contribution in [0.2, 0.25) is 0 Å². The number of hydrogen-bond donors (Lipinski definition) is 2. The average molecular weight is 401 g/mol. The maximum absolute atomic E-state index is 11.7. The van der Waals surface area contributed by atoms with Crippen LogP contribution in [0.15, 0.2) is 39.5 Å². The predicted octanol–water partition coefficient (Wildman–Crippen LogP) is 4.14. The van der Waals surface area contributed by atoms with E-state index in [1.807, 2.05) is 19.1 Å². The lowest BCUT2D eigenvalue weighted by atomic mass is 9.44. The third-order valence-electron chi connectivity index (χ3n) is 8.26. The maximum atomic E-state index is 11.7. The van der Waals surface area contributed by atoms with E-state index in [4.69, 9.17) is 9.15 Å². The highest BCUT2D eigenvalue weighted by atomic mass is 16.5. The minimum Gasteiger partial charge on any atom is -0.493 e. The predicted molar refractivity (Wildman–Crippen MR) is 112 cm³/mol. The Balaban J connectivity index is 1.54. The Morgan fingerprint density at radius 1 is 1.10 bits per heavy atom. The second-order valence-corrected chi connectivity index (χ2v) is 10.0. The molecule has 2 N–H and O–H groups in total.